The van der Waals surface area contributed by atoms with Gasteiger partial charge in [-0.1, -0.05) is 76.6 Å². The van der Waals surface area contributed by atoms with Crippen molar-refractivity contribution >= 4 is 5.97 Å². The van der Waals surface area contributed by atoms with Gasteiger partial charge >= 0.3 is 5.97 Å². The maximum Gasteiger partial charge on any atom is 0.333 e. The Bertz CT molecular complexity index is 453. The molecule has 3 heteroatoms. The molecule has 0 saturated carbocycles. The Labute approximate surface area is 147 Å². The summed E-state index contributed by atoms with van der Waals surface area (Å²) in [5.41, 5.74) is 0.570. The smallest absolute Gasteiger partial charge is 0.333 e. The van der Waals surface area contributed by atoms with E-state index in [0.29, 0.717) is 12.2 Å². The van der Waals surface area contributed by atoms with Crippen LogP contribution in [-0.4, -0.2) is 19.2 Å². The molecule has 1 aromatic carbocycles. The standard InChI is InChI=1S/C21H32O3/c1-3-4-5-6-7-8-9-11-14-19(2)21(22)24-18-17-23-20-15-12-10-13-16-20/h10,12-13,15-16H,2-9,11,14,17-18H2,1H3. The Morgan fingerprint density at radius 3 is 2.21 bits per heavy atom. The number of ether oxygens (including phenoxy) is 2. The predicted octanol–water partition coefficient (Wildman–Crippen LogP) is 5.70. The van der Waals surface area contributed by atoms with Crippen LogP contribution in [0.5, 0.6) is 5.75 Å². The topological polar surface area (TPSA) is 35.5 Å². The second-order valence-electron chi connectivity index (χ2n) is 6.13. The molecule has 24 heavy (non-hydrogen) atoms. The highest BCUT2D eigenvalue weighted by Crippen LogP contribution is 2.13. The Morgan fingerprint density at radius 2 is 1.54 bits per heavy atom. The molecule has 3 nitrogen and oxygen atoms in total. The number of hydrogen-bond donors (Lipinski definition) is 0. The zero-order chi connectivity index (χ0) is 17.5. The van der Waals surface area contributed by atoms with Gasteiger partial charge < -0.3 is 9.47 Å². The lowest BCUT2D eigenvalue weighted by molar-refractivity contribution is -0.139. The third-order valence-electron chi connectivity index (χ3n) is 3.95. The fourth-order valence-electron chi connectivity index (χ4n) is 2.49. The van der Waals surface area contributed by atoms with Gasteiger partial charge in [-0.3, -0.25) is 0 Å². The molecular weight excluding hydrogens is 300 g/mol. The number of carbonyl (C=O) groups excluding carboxylic acids is 1. The van der Waals surface area contributed by atoms with Crippen molar-refractivity contribution in [3.05, 3.63) is 42.5 Å². The molecule has 0 atom stereocenters. The number of unbranched alkanes of at least 4 members (excludes halogenated alkanes) is 7. The van der Waals surface area contributed by atoms with Crippen LogP contribution in [0, 0.1) is 0 Å². The average Bonchev–Trinajstić information content (AvgIpc) is 2.61. The van der Waals surface area contributed by atoms with Crippen molar-refractivity contribution in [1.82, 2.24) is 0 Å². The Balaban J connectivity index is 1.97. The lowest BCUT2D eigenvalue weighted by Crippen LogP contribution is -2.13. The van der Waals surface area contributed by atoms with E-state index in [1.807, 2.05) is 30.3 Å². The monoisotopic (exact) mass is 332 g/mol. The van der Waals surface area contributed by atoms with Gasteiger partial charge in [0, 0.05) is 5.57 Å². The van der Waals surface area contributed by atoms with Crippen LogP contribution in [0.4, 0.5) is 0 Å². The number of para-hydroxylation sites is 1. The molecule has 0 bridgehead atoms. The summed E-state index contributed by atoms with van der Waals surface area (Å²) in [6, 6.07) is 9.51. The first-order valence-corrected chi connectivity index (χ1v) is 9.26. The molecule has 0 aromatic heterocycles. The van der Waals surface area contributed by atoms with E-state index in [4.69, 9.17) is 9.47 Å². The number of benzene rings is 1. The summed E-state index contributed by atoms with van der Waals surface area (Å²) < 4.78 is 10.7. The van der Waals surface area contributed by atoms with E-state index in [2.05, 4.69) is 13.5 Å². The fraction of sp³-hybridized carbons (Fsp3) is 0.571. The summed E-state index contributed by atoms with van der Waals surface area (Å²) >= 11 is 0. The highest BCUT2D eigenvalue weighted by atomic mass is 16.6. The summed E-state index contributed by atoms with van der Waals surface area (Å²) in [6.07, 6.45) is 10.8. The molecule has 0 amide bonds. The van der Waals surface area contributed by atoms with Crippen molar-refractivity contribution < 1.29 is 14.3 Å². The van der Waals surface area contributed by atoms with Crippen LogP contribution in [-0.2, 0) is 9.53 Å². The Kier molecular flexibility index (Phi) is 11.5. The second-order valence-corrected chi connectivity index (χ2v) is 6.13. The molecule has 134 valence electrons. The van der Waals surface area contributed by atoms with Crippen molar-refractivity contribution in [2.24, 2.45) is 0 Å². The fourth-order valence-corrected chi connectivity index (χ4v) is 2.49. The molecule has 0 saturated heterocycles. The minimum absolute atomic E-state index is 0.254. The zero-order valence-corrected chi connectivity index (χ0v) is 15.1. The van der Waals surface area contributed by atoms with E-state index in [0.717, 1.165) is 25.0 Å². The van der Waals surface area contributed by atoms with Crippen LogP contribution in [0.15, 0.2) is 42.5 Å². The largest absolute Gasteiger partial charge is 0.490 e. The molecule has 0 aliphatic carbocycles. The van der Waals surface area contributed by atoms with E-state index < -0.39 is 0 Å². The molecule has 0 N–H and O–H groups in total. The van der Waals surface area contributed by atoms with Gasteiger partial charge in [0.2, 0.25) is 0 Å². The number of hydrogen-bond acceptors (Lipinski definition) is 3. The highest BCUT2D eigenvalue weighted by molar-refractivity contribution is 5.87. The van der Waals surface area contributed by atoms with Crippen LogP contribution < -0.4 is 4.74 Å². The molecule has 0 aliphatic rings. The lowest BCUT2D eigenvalue weighted by Gasteiger charge is -2.08. The summed E-state index contributed by atoms with van der Waals surface area (Å²) in [6.45, 7) is 6.69. The van der Waals surface area contributed by atoms with E-state index >= 15 is 0 Å². The van der Waals surface area contributed by atoms with E-state index in [-0.39, 0.29) is 12.6 Å². The average molecular weight is 332 g/mol. The molecule has 0 aliphatic heterocycles. The van der Waals surface area contributed by atoms with Crippen LogP contribution in [0.3, 0.4) is 0 Å². The lowest BCUT2D eigenvalue weighted by atomic mass is 10.1. The van der Waals surface area contributed by atoms with Crippen LogP contribution >= 0.6 is 0 Å². The number of rotatable bonds is 14. The molecule has 0 spiro atoms. The van der Waals surface area contributed by atoms with Gasteiger partial charge in [-0.2, -0.15) is 0 Å². The van der Waals surface area contributed by atoms with Gasteiger partial charge in [0.1, 0.15) is 19.0 Å². The normalized spacial score (nSPS) is 10.4. The first kappa shape index (κ1) is 20.3. The second kappa shape index (κ2) is 13.6. The molecule has 0 radical (unpaired) electrons. The highest BCUT2D eigenvalue weighted by Gasteiger charge is 2.08. The maximum absolute atomic E-state index is 11.8. The summed E-state index contributed by atoms with van der Waals surface area (Å²) in [5, 5.41) is 0. The van der Waals surface area contributed by atoms with Crippen molar-refractivity contribution in [3.63, 3.8) is 0 Å². The van der Waals surface area contributed by atoms with E-state index in [1.54, 1.807) is 0 Å². The van der Waals surface area contributed by atoms with Crippen LogP contribution in [0.1, 0.15) is 64.7 Å². The Morgan fingerprint density at radius 1 is 0.917 bits per heavy atom. The van der Waals surface area contributed by atoms with Crippen LogP contribution in [0.25, 0.3) is 0 Å². The van der Waals surface area contributed by atoms with Gasteiger partial charge in [0.05, 0.1) is 0 Å². The quantitative estimate of drug-likeness (QED) is 0.249. The predicted molar refractivity (Wildman–Crippen MR) is 99.3 cm³/mol. The third-order valence-corrected chi connectivity index (χ3v) is 3.95. The van der Waals surface area contributed by atoms with Crippen molar-refractivity contribution in [3.8, 4) is 5.75 Å². The summed E-state index contributed by atoms with van der Waals surface area (Å²) in [5.74, 6) is 0.487. The number of carbonyl (C=O) groups is 1. The van der Waals surface area contributed by atoms with E-state index in [9.17, 15) is 4.79 Å². The van der Waals surface area contributed by atoms with Crippen LogP contribution in [0.2, 0.25) is 0 Å². The van der Waals surface area contributed by atoms with Gasteiger partial charge in [0.15, 0.2) is 0 Å². The molecule has 0 unspecified atom stereocenters. The summed E-state index contributed by atoms with van der Waals surface area (Å²) in [7, 11) is 0. The van der Waals surface area contributed by atoms with Crippen molar-refractivity contribution in [1.29, 1.82) is 0 Å². The minimum atomic E-state index is -0.297. The summed E-state index contributed by atoms with van der Waals surface area (Å²) in [4.78, 5) is 11.8. The Hall–Kier alpha value is -1.77. The zero-order valence-electron chi connectivity index (χ0n) is 15.1. The maximum atomic E-state index is 11.8. The first-order chi connectivity index (χ1) is 11.7. The van der Waals surface area contributed by atoms with Gasteiger partial charge in [-0.05, 0) is 25.0 Å². The van der Waals surface area contributed by atoms with Gasteiger partial charge in [-0.15, -0.1) is 0 Å². The minimum Gasteiger partial charge on any atom is -0.490 e. The molecule has 0 heterocycles. The van der Waals surface area contributed by atoms with Crippen molar-refractivity contribution in [2.75, 3.05) is 13.2 Å². The van der Waals surface area contributed by atoms with Crippen molar-refractivity contribution in [2.45, 2.75) is 64.7 Å². The SMILES string of the molecule is C=C(CCCCCCCCCC)C(=O)OCCOc1ccccc1. The molecule has 0 fully saturated rings. The molecule has 1 rings (SSSR count). The molecular formula is C21H32O3. The first-order valence-electron chi connectivity index (χ1n) is 9.26. The molecule has 1 aromatic rings. The van der Waals surface area contributed by atoms with Gasteiger partial charge in [0.25, 0.3) is 0 Å². The van der Waals surface area contributed by atoms with Gasteiger partial charge in [-0.25, -0.2) is 4.79 Å². The van der Waals surface area contributed by atoms with E-state index in [1.165, 1.54) is 38.5 Å². The number of esters is 1. The third kappa shape index (κ3) is 10.1.